The number of nitrogens with one attached hydrogen (secondary N) is 1. The molecular weight excluding hydrogens is 424 g/mol. The Balaban J connectivity index is 1.54. The molecule has 0 spiro atoms. The molecule has 2 aliphatic heterocycles. The van der Waals surface area contributed by atoms with Crippen LogP contribution in [0.1, 0.15) is 34.5 Å². The van der Waals surface area contributed by atoms with E-state index in [1.165, 1.54) is 16.2 Å². The first-order chi connectivity index (χ1) is 15.6. The lowest BCUT2D eigenvalue weighted by atomic mass is 9.94. The van der Waals surface area contributed by atoms with Gasteiger partial charge >= 0.3 is 0 Å². The Hall–Kier alpha value is -3.52. The molecule has 8 heteroatoms. The molecule has 0 unspecified atom stereocenters. The summed E-state index contributed by atoms with van der Waals surface area (Å²) in [5.41, 5.74) is 3.10. The van der Waals surface area contributed by atoms with Gasteiger partial charge in [0.15, 0.2) is 0 Å². The number of carbonyl (C=O) groups excluding carboxylic acids is 3. The topological polar surface area (TPSA) is 82.6 Å². The molecule has 0 saturated carbocycles. The van der Waals surface area contributed by atoms with Crippen LogP contribution in [0.2, 0.25) is 0 Å². The monoisotopic (exact) mass is 446 g/mol. The fourth-order valence-corrected chi connectivity index (χ4v) is 5.17. The second-order valence-corrected chi connectivity index (χ2v) is 8.64. The Bertz CT molecular complexity index is 1170. The predicted octanol–water partition coefficient (Wildman–Crippen LogP) is 2.98. The molecule has 32 heavy (non-hydrogen) atoms. The largest absolute Gasteiger partial charge is 0.352 e. The van der Waals surface area contributed by atoms with Gasteiger partial charge in [-0.25, -0.2) is 4.98 Å². The summed E-state index contributed by atoms with van der Waals surface area (Å²) in [7, 11) is 0. The molecule has 1 N–H and O–H groups in total. The Labute approximate surface area is 189 Å². The number of rotatable bonds is 6. The van der Waals surface area contributed by atoms with Crippen LogP contribution in [0.15, 0.2) is 65.5 Å². The summed E-state index contributed by atoms with van der Waals surface area (Å²) in [5, 5.41) is 4.92. The quantitative estimate of drug-likeness (QED) is 0.631. The van der Waals surface area contributed by atoms with Crippen LogP contribution < -0.4 is 10.2 Å². The highest BCUT2D eigenvalue weighted by molar-refractivity contribution is 7.07. The van der Waals surface area contributed by atoms with Crippen molar-refractivity contribution in [2.75, 3.05) is 11.4 Å². The van der Waals surface area contributed by atoms with Crippen LogP contribution in [0.3, 0.4) is 0 Å². The van der Waals surface area contributed by atoms with E-state index in [0.29, 0.717) is 24.2 Å². The van der Waals surface area contributed by atoms with Crippen molar-refractivity contribution in [1.29, 1.82) is 0 Å². The maximum Gasteiger partial charge on any atom is 0.267 e. The van der Waals surface area contributed by atoms with Gasteiger partial charge in [0.25, 0.3) is 11.8 Å². The van der Waals surface area contributed by atoms with Crippen LogP contribution in [0, 0.1) is 0 Å². The van der Waals surface area contributed by atoms with Crippen LogP contribution in [0.25, 0.3) is 0 Å². The van der Waals surface area contributed by atoms with Gasteiger partial charge in [0, 0.05) is 37.7 Å². The molecule has 3 amide bonds. The zero-order chi connectivity index (χ0) is 22.1. The molecule has 0 bridgehead atoms. The Morgan fingerprint density at radius 2 is 1.88 bits per heavy atom. The number of aromatic nitrogens is 1. The van der Waals surface area contributed by atoms with Crippen molar-refractivity contribution < 1.29 is 14.4 Å². The molecule has 1 atom stereocenters. The fraction of sp³-hybridized carbons (Fsp3) is 0.250. The minimum atomic E-state index is -1.39. The molecule has 1 aromatic heterocycles. The van der Waals surface area contributed by atoms with Crippen molar-refractivity contribution in [3.05, 3.63) is 82.3 Å². The Morgan fingerprint density at radius 1 is 1.09 bits per heavy atom. The molecule has 1 saturated heterocycles. The lowest BCUT2D eigenvalue weighted by Crippen LogP contribution is -2.70. The number of benzene rings is 2. The Morgan fingerprint density at radius 3 is 2.66 bits per heavy atom. The van der Waals surface area contributed by atoms with Gasteiger partial charge in [0.05, 0.1) is 22.5 Å². The average Bonchev–Trinajstić information content (AvgIpc) is 3.46. The van der Waals surface area contributed by atoms with Crippen molar-refractivity contribution in [1.82, 2.24) is 15.2 Å². The van der Waals surface area contributed by atoms with Gasteiger partial charge in [0.2, 0.25) is 11.6 Å². The van der Waals surface area contributed by atoms with E-state index < -0.39 is 5.66 Å². The van der Waals surface area contributed by atoms with E-state index in [4.69, 9.17) is 0 Å². The zero-order valence-electron chi connectivity index (χ0n) is 17.4. The number of hydrogen-bond donors (Lipinski definition) is 1. The highest BCUT2D eigenvalue weighted by Crippen LogP contribution is 2.45. The lowest BCUT2D eigenvalue weighted by molar-refractivity contribution is -0.134. The smallest absolute Gasteiger partial charge is 0.267 e. The number of thiazole rings is 1. The number of carbonyl (C=O) groups is 3. The van der Waals surface area contributed by atoms with Crippen LogP contribution in [0.4, 0.5) is 5.69 Å². The van der Waals surface area contributed by atoms with Crippen LogP contribution in [-0.4, -0.2) is 39.8 Å². The van der Waals surface area contributed by atoms with Gasteiger partial charge in [-0.15, -0.1) is 11.3 Å². The van der Waals surface area contributed by atoms with Crippen LogP contribution in [-0.2, 0) is 22.6 Å². The first kappa shape index (κ1) is 20.4. The molecule has 2 aromatic carbocycles. The summed E-state index contributed by atoms with van der Waals surface area (Å²) in [6, 6.07) is 16.6. The second-order valence-electron chi connectivity index (χ2n) is 7.93. The van der Waals surface area contributed by atoms with Gasteiger partial charge in [-0.05, 0) is 17.7 Å². The van der Waals surface area contributed by atoms with E-state index in [1.807, 2.05) is 35.7 Å². The molecule has 3 aromatic rings. The highest BCUT2D eigenvalue weighted by atomic mass is 32.1. The van der Waals surface area contributed by atoms with Crippen LogP contribution >= 0.6 is 11.3 Å². The molecule has 0 aliphatic carbocycles. The summed E-state index contributed by atoms with van der Waals surface area (Å²) in [6.45, 7) is 0.610. The van der Waals surface area contributed by atoms with E-state index in [1.54, 1.807) is 34.7 Å². The molecular formula is C24H22N4O3S. The molecule has 3 heterocycles. The summed E-state index contributed by atoms with van der Waals surface area (Å²) < 4.78 is 0. The van der Waals surface area contributed by atoms with E-state index in [-0.39, 0.29) is 37.1 Å². The van der Waals surface area contributed by atoms with Crippen molar-refractivity contribution in [3.63, 3.8) is 0 Å². The summed E-state index contributed by atoms with van der Waals surface area (Å²) in [5.74, 6) is -0.736. The number of fused-ring (bicyclic) bond motifs is 3. The van der Waals surface area contributed by atoms with Gasteiger partial charge in [-0.1, -0.05) is 42.5 Å². The molecule has 1 fully saturated rings. The van der Waals surface area contributed by atoms with Gasteiger partial charge in [0.1, 0.15) is 0 Å². The van der Waals surface area contributed by atoms with Crippen LogP contribution in [0.5, 0.6) is 0 Å². The summed E-state index contributed by atoms with van der Waals surface area (Å²) >= 11 is 1.51. The van der Waals surface area contributed by atoms with E-state index in [0.717, 1.165) is 11.3 Å². The normalized spacial score (nSPS) is 19.6. The van der Waals surface area contributed by atoms with Gasteiger partial charge in [-0.3, -0.25) is 19.3 Å². The van der Waals surface area contributed by atoms with Crippen molar-refractivity contribution >= 4 is 34.7 Å². The minimum absolute atomic E-state index is 0.155. The fourth-order valence-electron chi connectivity index (χ4n) is 4.58. The SMILES string of the molecule is O=C1c2ccccc2N2C(=O)CC[C@]2(C(=O)NCCc2cscn2)N1Cc1ccccc1. The molecule has 162 valence electrons. The van der Waals surface area contributed by atoms with E-state index in [9.17, 15) is 14.4 Å². The van der Waals surface area contributed by atoms with E-state index in [2.05, 4.69) is 10.3 Å². The van der Waals surface area contributed by atoms with E-state index >= 15 is 0 Å². The maximum absolute atomic E-state index is 13.7. The average molecular weight is 447 g/mol. The number of hydrogen-bond acceptors (Lipinski definition) is 5. The number of amides is 3. The highest BCUT2D eigenvalue weighted by Gasteiger charge is 2.60. The van der Waals surface area contributed by atoms with Crippen molar-refractivity contribution in [3.8, 4) is 0 Å². The molecule has 7 nitrogen and oxygen atoms in total. The molecule has 5 rings (SSSR count). The minimum Gasteiger partial charge on any atom is -0.352 e. The zero-order valence-corrected chi connectivity index (χ0v) is 18.2. The maximum atomic E-state index is 13.7. The third-order valence-corrected chi connectivity index (χ3v) is 6.71. The predicted molar refractivity (Wildman–Crippen MR) is 121 cm³/mol. The standard InChI is InChI=1S/C24H22N4O3S/c29-21-10-12-24(23(31)25-13-11-18-15-32-16-26-18)27(14-17-6-2-1-3-7-17)22(30)19-8-4-5-9-20(19)28(21)24/h1-9,15-16H,10-14H2,(H,25,31)/t24-/m0/s1. The first-order valence-corrected chi connectivity index (χ1v) is 11.5. The van der Waals surface area contributed by atoms with Crippen molar-refractivity contribution in [2.24, 2.45) is 0 Å². The number of para-hydroxylation sites is 1. The number of anilines is 1. The second kappa shape index (κ2) is 8.20. The summed E-state index contributed by atoms with van der Waals surface area (Å²) in [6.07, 6.45) is 1.04. The summed E-state index contributed by atoms with van der Waals surface area (Å²) in [4.78, 5) is 47.7. The lowest BCUT2D eigenvalue weighted by Gasteiger charge is -2.49. The van der Waals surface area contributed by atoms with Gasteiger partial charge in [-0.2, -0.15) is 0 Å². The third-order valence-electron chi connectivity index (χ3n) is 6.07. The van der Waals surface area contributed by atoms with Crippen molar-refractivity contribution in [2.45, 2.75) is 31.5 Å². The Kier molecular flexibility index (Phi) is 5.22. The molecule has 0 radical (unpaired) electrons. The first-order valence-electron chi connectivity index (χ1n) is 10.5. The molecule has 2 aliphatic rings. The third kappa shape index (κ3) is 3.27. The van der Waals surface area contributed by atoms with Gasteiger partial charge < -0.3 is 10.2 Å². The number of nitrogens with zero attached hydrogens (tertiary/aromatic N) is 3.